The van der Waals surface area contributed by atoms with Crippen LogP contribution in [-0.4, -0.2) is 17.4 Å². The standard InChI is InChI=1S/C13H16N2OS2/c1-3-12-15-11(8-18-12)4-5-14-13(16)10-6-9(2)17-7-10/h6-8H,3-5H2,1-2H3,(H,14,16). The second kappa shape index (κ2) is 6.11. The molecule has 3 nitrogen and oxygen atoms in total. The Labute approximate surface area is 115 Å². The van der Waals surface area contributed by atoms with Gasteiger partial charge in [0.05, 0.1) is 16.3 Å². The third kappa shape index (κ3) is 3.40. The van der Waals surface area contributed by atoms with Gasteiger partial charge in [-0.2, -0.15) is 0 Å². The molecule has 96 valence electrons. The van der Waals surface area contributed by atoms with Crippen molar-refractivity contribution in [1.29, 1.82) is 0 Å². The molecular weight excluding hydrogens is 264 g/mol. The summed E-state index contributed by atoms with van der Waals surface area (Å²) in [5.74, 6) is 0.00490. The molecule has 2 aromatic rings. The number of aryl methyl sites for hydroxylation is 2. The number of aromatic nitrogens is 1. The van der Waals surface area contributed by atoms with Gasteiger partial charge in [0.25, 0.3) is 5.91 Å². The summed E-state index contributed by atoms with van der Waals surface area (Å²) in [6.07, 6.45) is 1.77. The van der Waals surface area contributed by atoms with Crippen molar-refractivity contribution in [1.82, 2.24) is 10.3 Å². The number of thiazole rings is 1. The molecule has 0 unspecified atom stereocenters. The van der Waals surface area contributed by atoms with Crippen LogP contribution in [0.4, 0.5) is 0 Å². The minimum Gasteiger partial charge on any atom is -0.352 e. The first-order valence-corrected chi connectivity index (χ1v) is 7.71. The fraction of sp³-hybridized carbons (Fsp3) is 0.385. The highest BCUT2D eigenvalue weighted by Gasteiger charge is 2.07. The lowest BCUT2D eigenvalue weighted by Crippen LogP contribution is -2.25. The number of rotatable bonds is 5. The predicted molar refractivity (Wildman–Crippen MR) is 76.6 cm³/mol. The molecule has 0 aliphatic rings. The maximum absolute atomic E-state index is 11.8. The molecule has 2 heterocycles. The average Bonchev–Trinajstić information content (AvgIpc) is 2.98. The van der Waals surface area contributed by atoms with Crippen LogP contribution in [0, 0.1) is 6.92 Å². The number of thiophene rings is 1. The van der Waals surface area contributed by atoms with Crippen LogP contribution in [0.5, 0.6) is 0 Å². The summed E-state index contributed by atoms with van der Waals surface area (Å²) in [5.41, 5.74) is 1.82. The van der Waals surface area contributed by atoms with E-state index in [9.17, 15) is 4.79 Å². The highest BCUT2D eigenvalue weighted by molar-refractivity contribution is 7.10. The van der Waals surface area contributed by atoms with Gasteiger partial charge in [-0.25, -0.2) is 4.98 Å². The molecule has 0 aliphatic carbocycles. The molecule has 1 N–H and O–H groups in total. The number of carbonyl (C=O) groups excluding carboxylic acids is 1. The molecule has 0 bridgehead atoms. The normalized spacial score (nSPS) is 10.6. The number of nitrogens with zero attached hydrogens (tertiary/aromatic N) is 1. The third-order valence-corrected chi connectivity index (χ3v) is 4.46. The lowest BCUT2D eigenvalue weighted by atomic mass is 10.3. The molecule has 0 spiro atoms. The summed E-state index contributed by atoms with van der Waals surface area (Å²) in [4.78, 5) is 17.4. The molecule has 0 fully saturated rings. The molecule has 2 aromatic heterocycles. The van der Waals surface area contributed by atoms with Crippen molar-refractivity contribution in [3.05, 3.63) is 38.0 Å². The first-order valence-electron chi connectivity index (χ1n) is 5.95. The number of hydrogen-bond donors (Lipinski definition) is 1. The van der Waals surface area contributed by atoms with Crippen LogP contribution in [0.15, 0.2) is 16.8 Å². The first kappa shape index (κ1) is 13.2. The molecular formula is C13H16N2OS2. The van der Waals surface area contributed by atoms with Gasteiger partial charge in [0, 0.05) is 28.6 Å². The van der Waals surface area contributed by atoms with E-state index in [1.165, 1.54) is 0 Å². The molecule has 2 rings (SSSR count). The third-order valence-electron chi connectivity index (χ3n) is 2.56. The fourth-order valence-corrected chi connectivity index (χ4v) is 3.06. The Hall–Kier alpha value is -1.20. The van der Waals surface area contributed by atoms with Crippen molar-refractivity contribution < 1.29 is 4.79 Å². The van der Waals surface area contributed by atoms with Crippen molar-refractivity contribution in [2.24, 2.45) is 0 Å². The second-order valence-corrected chi connectivity index (χ2v) is 6.10. The van der Waals surface area contributed by atoms with Crippen LogP contribution < -0.4 is 5.32 Å². The van der Waals surface area contributed by atoms with Gasteiger partial charge in [-0.05, 0) is 19.4 Å². The summed E-state index contributed by atoms with van der Waals surface area (Å²) >= 11 is 3.28. The van der Waals surface area contributed by atoms with E-state index in [2.05, 4.69) is 22.6 Å². The van der Waals surface area contributed by atoms with E-state index in [4.69, 9.17) is 0 Å². The van der Waals surface area contributed by atoms with E-state index in [0.717, 1.165) is 34.0 Å². The van der Waals surface area contributed by atoms with Crippen molar-refractivity contribution in [2.45, 2.75) is 26.7 Å². The fourth-order valence-electron chi connectivity index (χ4n) is 1.59. The van der Waals surface area contributed by atoms with E-state index in [1.54, 1.807) is 22.7 Å². The summed E-state index contributed by atoms with van der Waals surface area (Å²) in [6, 6.07) is 1.91. The molecule has 0 aliphatic heterocycles. The summed E-state index contributed by atoms with van der Waals surface area (Å²) in [6.45, 7) is 4.74. The molecule has 1 amide bonds. The number of amides is 1. The van der Waals surface area contributed by atoms with Gasteiger partial charge in [-0.3, -0.25) is 4.79 Å². The first-order chi connectivity index (χ1) is 8.69. The molecule has 18 heavy (non-hydrogen) atoms. The molecule has 0 saturated heterocycles. The van der Waals surface area contributed by atoms with Gasteiger partial charge in [0.1, 0.15) is 0 Å². The molecule has 0 saturated carbocycles. The van der Waals surface area contributed by atoms with Gasteiger partial charge in [0.2, 0.25) is 0 Å². The molecule has 0 radical (unpaired) electrons. The Balaban J connectivity index is 1.80. The predicted octanol–water partition coefficient (Wildman–Crippen LogP) is 3.05. The van der Waals surface area contributed by atoms with Crippen molar-refractivity contribution >= 4 is 28.6 Å². The van der Waals surface area contributed by atoms with Gasteiger partial charge < -0.3 is 5.32 Å². The summed E-state index contributed by atoms with van der Waals surface area (Å²) in [7, 11) is 0. The van der Waals surface area contributed by atoms with E-state index in [0.29, 0.717) is 6.54 Å². The SMILES string of the molecule is CCc1nc(CCNC(=O)c2csc(C)c2)cs1. The lowest BCUT2D eigenvalue weighted by Gasteiger charge is -2.01. The highest BCUT2D eigenvalue weighted by atomic mass is 32.1. The van der Waals surface area contributed by atoms with Crippen LogP contribution in [0.25, 0.3) is 0 Å². The quantitative estimate of drug-likeness (QED) is 0.914. The smallest absolute Gasteiger partial charge is 0.252 e. The van der Waals surface area contributed by atoms with E-state index >= 15 is 0 Å². The topological polar surface area (TPSA) is 42.0 Å². The zero-order chi connectivity index (χ0) is 13.0. The molecule has 0 aromatic carbocycles. The maximum atomic E-state index is 11.8. The minimum absolute atomic E-state index is 0.00490. The van der Waals surface area contributed by atoms with Crippen LogP contribution in [0.1, 0.15) is 32.9 Å². The van der Waals surface area contributed by atoms with Crippen molar-refractivity contribution in [3.8, 4) is 0 Å². The van der Waals surface area contributed by atoms with Gasteiger partial charge in [-0.15, -0.1) is 22.7 Å². The van der Waals surface area contributed by atoms with Crippen LogP contribution >= 0.6 is 22.7 Å². The lowest BCUT2D eigenvalue weighted by molar-refractivity contribution is 0.0954. The number of carbonyl (C=O) groups is 1. The van der Waals surface area contributed by atoms with E-state index < -0.39 is 0 Å². The maximum Gasteiger partial charge on any atom is 0.252 e. The van der Waals surface area contributed by atoms with Crippen molar-refractivity contribution in [2.75, 3.05) is 6.54 Å². The zero-order valence-corrected chi connectivity index (χ0v) is 12.2. The van der Waals surface area contributed by atoms with Crippen LogP contribution in [-0.2, 0) is 12.8 Å². The number of hydrogen-bond acceptors (Lipinski definition) is 4. The highest BCUT2D eigenvalue weighted by Crippen LogP contribution is 2.13. The number of nitrogens with one attached hydrogen (secondary N) is 1. The van der Waals surface area contributed by atoms with Crippen LogP contribution in [0.2, 0.25) is 0 Å². The average molecular weight is 280 g/mol. The van der Waals surface area contributed by atoms with Crippen molar-refractivity contribution in [3.63, 3.8) is 0 Å². The zero-order valence-electron chi connectivity index (χ0n) is 10.5. The second-order valence-electron chi connectivity index (χ2n) is 4.04. The van der Waals surface area contributed by atoms with Gasteiger partial charge >= 0.3 is 0 Å². The van der Waals surface area contributed by atoms with Gasteiger partial charge in [0.15, 0.2) is 0 Å². The summed E-state index contributed by atoms with van der Waals surface area (Å²) in [5, 5.41) is 8.04. The minimum atomic E-state index is 0.00490. The van der Waals surface area contributed by atoms with E-state index in [1.807, 2.05) is 18.4 Å². The Morgan fingerprint density at radius 3 is 2.83 bits per heavy atom. The largest absolute Gasteiger partial charge is 0.352 e. The Morgan fingerprint density at radius 2 is 2.22 bits per heavy atom. The Kier molecular flexibility index (Phi) is 4.49. The Morgan fingerprint density at radius 1 is 1.39 bits per heavy atom. The Bertz CT molecular complexity index is 531. The monoisotopic (exact) mass is 280 g/mol. The van der Waals surface area contributed by atoms with E-state index in [-0.39, 0.29) is 5.91 Å². The van der Waals surface area contributed by atoms with Crippen LogP contribution in [0.3, 0.4) is 0 Å². The van der Waals surface area contributed by atoms with Gasteiger partial charge in [-0.1, -0.05) is 6.92 Å². The molecule has 5 heteroatoms. The summed E-state index contributed by atoms with van der Waals surface area (Å²) < 4.78 is 0. The molecule has 0 atom stereocenters.